The van der Waals surface area contributed by atoms with Crippen molar-refractivity contribution in [1.82, 2.24) is 20.4 Å². The molecule has 9 heteroatoms. The Morgan fingerprint density at radius 3 is 1.59 bits per heavy atom. The molecule has 1 aliphatic carbocycles. The lowest BCUT2D eigenvalue weighted by molar-refractivity contribution is -0.133. The van der Waals surface area contributed by atoms with Crippen LogP contribution in [0.3, 0.4) is 0 Å². The second-order valence-corrected chi connectivity index (χ2v) is 8.64. The summed E-state index contributed by atoms with van der Waals surface area (Å²) in [6.07, 6.45) is 3.33. The summed E-state index contributed by atoms with van der Waals surface area (Å²) in [5, 5.41) is 5.82. The van der Waals surface area contributed by atoms with E-state index in [-0.39, 0.29) is 42.5 Å². The smallest absolute Gasteiger partial charge is 0.224 e. The van der Waals surface area contributed by atoms with E-state index in [1.54, 1.807) is 24.7 Å². The fourth-order valence-electron chi connectivity index (χ4n) is 4.10. The van der Waals surface area contributed by atoms with E-state index in [1.165, 1.54) is 0 Å². The Bertz CT molecular complexity index is 819. The predicted molar refractivity (Wildman–Crippen MR) is 118 cm³/mol. The molecule has 2 aromatic rings. The van der Waals surface area contributed by atoms with Crippen LogP contribution in [-0.4, -0.2) is 68.7 Å². The van der Waals surface area contributed by atoms with E-state index in [4.69, 9.17) is 8.83 Å². The molecule has 4 atom stereocenters. The minimum Gasteiger partial charge on any atom is -0.468 e. The average molecular weight is 445 g/mol. The molecule has 2 heterocycles. The summed E-state index contributed by atoms with van der Waals surface area (Å²) >= 11 is 0. The molecule has 0 aromatic carbocycles. The summed E-state index contributed by atoms with van der Waals surface area (Å²) in [6.45, 7) is 0.638. The fourth-order valence-corrected chi connectivity index (χ4v) is 4.10. The first kappa shape index (κ1) is 23.7. The summed E-state index contributed by atoms with van der Waals surface area (Å²) in [4.78, 5) is 41.9. The molecule has 1 aliphatic rings. The number of Topliss-reactive ketones (excluding diaryl/α,β-unsaturated/α-hetero) is 1. The number of rotatable bonds is 10. The highest BCUT2D eigenvalue weighted by molar-refractivity contribution is 5.98. The van der Waals surface area contributed by atoms with Gasteiger partial charge in [-0.25, -0.2) is 0 Å². The van der Waals surface area contributed by atoms with Crippen molar-refractivity contribution in [3.63, 3.8) is 0 Å². The highest BCUT2D eigenvalue weighted by Gasteiger charge is 2.42. The van der Waals surface area contributed by atoms with E-state index in [9.17, 15) is 14.4 Å². The van der Waals surface area contributed by atoms with E-state index in [2.05, 4.69) is 10.6 Å². The van der Waals surface area contributed by atoms with Crippen LogP contribution in [-0.2, 0) is 14.4 Å². The zero-order valence-corrected chi connectivity index (χ0v) is 19.0. The maximum absolute atomic E-state index is 12.9. The Balaban J connectivity index is 1.60. The maximum Gasteiger partial charge on any atom is 0.224 e. The molecule has 4 unspecified atom stereocenters. The minimum absolute atomic E-state index is 0.0734. The Labute approximate surface area is 188 Å². The fraction of sp³-hybridized carbons (Fsp3) is 0.522. The van der Waals surface area contributed by atoms with Gasteiger partial charge in [0, 0.05) is 25.9 Å². The molecule has 1 fully saturated rings. The number of hydrogen-bond donors (Lipinski definition) is 2. The Hall–Kier alpha value is -2.91. The van der Waals surface area contributed by atoms with Gasteiger partial charge in [-0.1, -0.05) is 0 Å². The molecule has 1 saturated carbocycles. The van der Waals surface area contributed by atoms with Crippen LogP contribution in [0.4, 0.5) is 0 Å². The number of likely N-dealkylation sites (N-methyl/N-ethyl adjacent to an activating group) is 2. The lowest BCUT2D eigenvalue weighted by Gasteiger charge is -2.25. The van der Waals surface area contributed by atoms with Gasteiger partial charge in [-0.15, -0.1) is 0 Å². The minimum atomic E-state index is -0.677. The van der Waals surface area contributed by atoms with Crippen molar-refractivity contribution in [3.05, 3.63) is 48.3 Å². The van der Waals surface area contributed by atoms with E-state index in [1.807, 2.05) is 50.1 Å². The number of ketones is 1. The SMILES string of the molecule is CN(C)C(CNC(=O)C1CC(=O)CC1C(=O)NCC(c1ccco1)N(C)C)c1ccco1. The second-order valence-electron chi connectivity index (χ2n) is 8.64. The first-order chi connectivity index (χ1) is 15.3. The van der Waals surface area contributed by atoms with Crippen molar-refractivity contribution in [2.75, 3.05) is 41.3 Å². The van der Waals surface area contributed by atoms with E-state index < -0.39 is 11.8 Å². The van der Waals surface area contributed by atoms with Crippen molar-refractivity contribution in [3.8, 4) is 0 Å². The van der Waals surface area contributed by atoms with Gasteiger partial charge in [0.25, 0.3) is 0 Å². The van der Waals surface area contributed by atoms with E-state index in [0.29, 0.717) is 13.1 Å². The lowest BCUT2D eigenvalue weighted by atomic mass is 9.94. The molecular weight excluding hydrogens is 412 g/mol. The van der Waals surface area contributed by atoms with Crippen LogP contribution >= 0.6 is 0 Å². The third kappa shape index (κ3) is 5.66. The molecule has 2 aromatic heterocycles. The van der Waals surface area contributed by atoms with Gasteiger partial charge in [0.2, 0.25) is 11.8 Å². The van der Waals surface area contributed by atoms with Crippen molar-refractivity contribution in [2.24, 2.45) is 11.8 Å². The van der Waals surface area contributed by atoms with Gasteiger partial charge in [-0.3, -0.25) is 24.2 Å². The van der Waals surface area contributed by atoms with Crippen LogP contribution in [0.15, 0.2) is 45.6 Å². The zero-order chi connectivity index (χ0) is 23.3. The first-order valence-corrected chi connectivity index (χ1v) is 10.7. The highest BCUT2D eigenvalue weighted by atomic mass is 16.3. The highest BCUT2D eigenvalue weighted by Crippen LogP contribution is 2.30. The van der Waals surface area contributed by atoms with Crippen LogP contribution in [0.5, 0.6) is 0 Å². The molecule has 2 amide bonds. The molecule has 9 nitrogen and oxygen atoms in total. The summed E-state index contributed by atoms with van der Waals surface area (Å²) < 4.78 is 10.9. The summed E-state index contributed by atoms with van der Waals surface area (Å²) in [5.41, 5.74) is 0. The lowest BCUT2D eigenvalue weighted by Crippen LogP contribution is -2.43. The Morgan fingerprint density at radius 2 is 1.28 bits per heavy atom. The molecule has 32 heavy (non-hydrogen) atoms. The molecule has 2 N–H and O–H groups in total. The van der Waals surface area contributed by atoms with Crippen LogP contribution in [0, 0.1) is 11.8 Å². The molecule has 0 spiro atoms. The van der Waals surface area contributed by atoms with Gasteiger partial charge < -0.3 is 19.5 Å². The van der Waals surface area contributed by atoms with Crippen LogP contribution in [0.2, 0.25) is 0 Å². The van der Waals surface area contributed by atoms with Crippen molar-refractivity contribution < 1.29 is 23.2 Å². The zero-order valence-electron chi connectivity index (χ0n) is 19.0. The third-order valence-electron chi connectivity index (χ3n) is 5.98. The number of furan rings is 2. The van der Waals surface area contributed by atoms with Crippen LogP contribution in [0.25, 0.3) is 0 Å². The number of carbonyl (C=O) groups is 3. The van der Waals surface area contributed by atoms with E-state index >= 15 is 0 Å². The van der Waals surface area contributed by atoms with Gasteiger partial charge in [-0.2, -0.15) is 0 Å². The molecule has 0 aliphatic heterocycles. The summed E-state index contributed by atoms with van der Waals surface area (Å²) in [7, 11) is 7.59. The van der Waals surface area contributed by atoms with Gasteiger partial charge >= 0.3 is 0 Å². The van der Waals surface area contributed by atoms with Crippen molar-refractivity contribution in [1.29, 1.82) is 0 Å². The van der Waals surface area contributed by atoms with Crippen molar-refractivity contribution in [2.45, 2.75) is 24.9 Å². The van der Waals surface area contributed by atoms with Gasteiger partial charge in [0.1, 0.15) is 17.3 Å². The Morgan fingerprint density at radius 1 is 0.875 bits per heavy atom. The number of nitrogens with zero attached hydrogens (tertiary/aromatic N) is 2. The third-order valence-corrected chi connectivity index (χ3v) is 5.98. The van der Waals surface area contributed by atoms with Crippen molar-refractivity contribution >= 4 is 17.6 Å². The number of nitrogens with one attached hydrogen (secondary N) is 2. The molecule has 3 rings (SSSR count). The van der Waals surface area contributed by atoms with E-state index in [0.717, 1.165) is 11.5 Å². The molecule has 174 valence electrons. The van der Waals surface area contributed by atoms with Gasteiger partial charge in [0.05, 0.1) is 36.4 Å². The normalized spacial score (nSPS) is 20.5. The van der Waals surface area contributed by atoms with Gasteiger partial charge in [0.15, 0.2) is 0 Å². The summed E-state index contributed by atoms with van der Waals surface area (Å²) in [6, 6.07) is 7.01. The standard InChI is InChI=1S/C23H32N4O5/c1-26(2)18(20-7-5-9-31-20)13-24-22(29)16-11-15(28)12-17(16)23(30)25-14-19(27(3)4)21-8-6-10-32-21/h5-10,16-19H,11-14H2,1-4H3,(H,24,29)(H,25,30). The van der Waals surface area contributed by atoms with Crippen LogP contribution in [0.1, 0.15) is 36.4 Å². The Kier molecular flexibility index (Phi) is 7.87. The maximum atomic E-state index is 12.9. The number of amides is 2. The largest absolute Gasteiger partial charge is 0.468 e. The molecular formula is C23H32N4O5. The predicted octanol–water partition coefficient (Wildman–Crippen LogP) is 1.61. The van der Waals surface area contributed by atoms with Gasteiger partial charge in [-0.05, 0) is 52.5 Å². The molecule has 0 radical (unpaired) electrons. The molecule has 0 bridgehead atoms. The molecule has 0 saturated heterocycles. The average Bonchev–Trinajstić information content (AvgIpc) is 3.49. The monoisotopic (exact) mass is 444 g/mol. The number of hydrogen-bond acceptors (Lipinski definition) is 7. The first-order valence-electron chi connectivity index (χ1n) is 10.7. The second kappa shape index (κ2) is 10.6. The topological polar surface area (TPSA) is 108 Å². The summed E-state index contributed by atoms with van der Waals surface area (Å²) in [5.74, 6) is -0.531. The number of carbonyl (C=O) groups excluding carboxylic acids is 3. The van der Waals surface area contributed by atoms with Crippen LogP contribution < -0.4 is 10.6 Å². The quantitative estimate of drug-likeness (QED) is 0.573.